The molecule has 4 heterocycles. The lowest BCUT2D eigenvalue weighted by molar-refractivity contribution is 0.0771. The van der Waals surface area contributed by atoms with Gasteiger partial charge in [-0.3, -0.25) is 9.78 Å². The second-order valence-electron chi connectivity index (χ2n) is 10.1. The Balaban J connectivity index is 1.13. The minimum absolute atomic E-state index is 0.0631. The highest BCUT2D eigenvalue weighted by Crippen LogP contribution is 2.32. The van der Waals surface area contributed by atoms with Gasteiger partial charge in [-0.2, -0.15) is 0 Å². The van der Waals surface area contributed by atoms with E-state index in [1.54, 1.807) is 12.4 Å². The normalized spacial score (nSPS) is 19.5. The fourth-order valence-electron chi connectivity index (χ4n) is 5.49. The molecule has 2 unspecified atom stereocenters. The maximum absolute atomic E-state index is 13.4. The van der Waals surface area contributed by atoms with Crippen molar-refractivity contribution < 1.29 is 4.79 Å². The average Bonchev–Trinajstić information content (AvgIpc) is 3.43. The van der Waals surface area contributed by atoms with Crippen molar-refractivity contribution in [3.8, 4) is 11.4 Å². The molecule has 0 spiro atoms. The van der Waals surface area contributed by atoms with Crippen LogP contribution in [0.25, 0.3) is 11.4 Å². The molecule has 7 nitrogen and oxygen atoms in total. The minimum atomic E-state index is 0.0631. The van der Waals surface area contributed by atoms with E-state index in [0.29, 0.717) is 23.2 Å². The predicted molar refractivity (Wildman–Crippen MR) is 143 cm³/mol. The van der Waals surface area contributed by atoms with Crippen LogP contribution in [0.5, 0.6) is 0 Å². The molecule has 188 valence electrons. The number of halogens is 1. The number of benzene rings is 1. The molecule has 0 radical (unpaired) electrons. The Morgan fingerprint density at radius 2 is 1.67 bits per heavy atom. The van der Waals surface area contributed by atoms with E-state index < -0.39 is 0 Å². The van der Waals surface area contributed by atoms with Gasteiger partial charge in [0, 0.05) is 61.4 Å². The summed E-state index contributed by atoms with van der Waals surface area (Å²) in [5, 5.41) is 4.27. The Bertz CT molecular complexity index is 1210. The lowest BCUT2D eigenvalue weighted by Crippen LogP contribution is -2.34. The molecule has 0 saturated carbocycles. The molecule has 3 aromatic rings. The summed E-state index contributed by atoms with van der Waals surface area (Å²) in [6.45, 7) is 11.5. The maximum Gasteiger partial charge on any atom is 0.257 e. The summed E-state index contributed by atoms with van der Waals surface area (Å²) in [4.78, 5) is 31.4. The lowest BCUT2D eigenvalue weighted by Gasteiger charge is -2.23. The molecule has 2 aliphatic heterocycles. The van der Waals surface area contributed by atoms with Crippen LogP contribution in [0, 0.1) is 32.6 Å². The molecule has 0 aliphatic carbocycles. The smallest absolute Gasteiger partial charge is 0.257 e. The standard InChI is InChI=1S/C28H33ClN6O/c1-18-5-6-24(13-25(18)29)31-9-4-12-34-14-22-16-35(17-23(22)15-34)28(36)26-19(2)32-27(33-20(26)3)21-7-10-30-11-8-21/h5-8,10-11,13,22-23,31H,4,9,12,14-17H2,1-3H3. The van der Waals surface area contributed by atoms with Gasteiger partial charge in [0.25, 0.3) is 5.91 Å². The van der Waals surface area contributed by atoms with Gasteiger partial charge in [0.1, 0.15) is 0 Å². The minimum Gasteiger partial charge on any atom is -0.385 e. The van der Waals surface area contributed by atoms with E-state index in [4.69, 9.17) is 11.6 Å². The number of amides is 1. The molecule has 2 aliphatic rings. The van der Waals surface area contributed by atoms with Crippen LogP contribution in [0.2, 0.25) is 5.02 Å². The first-order valence-corrected chi connectivity index (χ1v) is 13.0. The molecule has 2 saturated heterocycles. The van der Waals surface area contributed by atoms with E-state index in [9.17, 15) is 4.79 Å². The molecular formula is C28H33ClN6O. The summed E-state index contributed by atoms with van der Waals surface area (Å²) in [6, 6.07) is 9.89. The molecule has 8 heteroatoms. The maximum atomic E-state index is 13.4. The zero-order valence-corrected chi connectivity index (χ0v) is 21.9. The number of pyridine rings is 1. The molecule has 0 bridgehead atoms. The third-order valence-corrected chi connectivity index (χ3v) is 7.83. The molecule has 5 rings (SSSR count). The fraction of sp³-hybridized carbons (Fsp3) is 0.429. The summed E-state index contributed by atoms with van der Waals surface area (Å²) in [5.41, 5.74) is 5.19. The first-order valence-electron chi connectivity index (χ1n) is 12.7. The highest BCUT2D eigenvalue weighted by atomic mass is 35.5. The van der Waals surface area contributed by atoms with Crippen LogP contribution >= 0.6 is 11.6 Å². The Morgan fingerprint density at radius 3 is 2.31 bits per heavy atom. The zero-order valence-electron chi connectivity index (χ0n) is 21.2. The van der Waals surface area contributed by atoms with Crippen molar-refractivity contribution in [2.75, 3.05) is 44.6 Å². The number of anilines is 1. The second kappa shape index (κ2) is 10.5. The molecular weight excluding hydrogens is 472 g/mol. The zero-order chi connectivity index (χ0) is 25.2. The molecule has 1 N–H and O–H groups in total. The molecule has 36 heavy (non-hydrogen) atoms. The van der Waals surface area contributed by atoms with Gasteiger partial charge in [0.2, 0.25) is 0 Å². The number of carbonyl (C=O) groups is 1. The second-order valence-corrected chi connectivity index (χ2v) is 10.5. The van der Waals surface area contributed by atoms with Gasteiger partial charge >= 0.3 is 0 Å². The summed E-state index contributed by atoms with van der Waals surface area (Å²) in [6.07, 6.45) is 4.53. The fourth-order valence-corrected chi connectivity index (χ4v) is 5.67. The SMILES string of the molecule is Cc1ccc(NCCCN2CC3CN(C(=O)c4c(C)nc(-c5ccncc5)nc4C)CC3C2)cc1Cl. The number of aryl methyl sites for hydroxylation is 3. The summed E-state index contributed by atoms with van der Waals surface area (Å²) in [7, 11) is 0. The average molecular weight is 505 g/mol. The molecule has 1 amide bonds. The summed E-state index contributed by atoms with van der Waals surface area (Å²) >= 11 is 6.22. The van der Waals surface area contributed by atoms with Gasteiger partial charge in [-0.15, -0.1) is 0 Å². The highest BCUT2D eigenvalue weighted by molar-refractivity contribution is 6.31. The van der Waals surface area contributed by atoms with E-state index in [1.165, 1.54) is 0 Å². The van der Waals surface area contributed by atoms with Gasteiger partial charge in [-0.05, 0) is 75.4 Å². The van der Waals surface area contributed by atoms with Crippen molar-refractivity contribution in [1.29, 1.82) is 0 Å². The number of nitrogens with one attached hydrogen (secondary N) is 1. The topological polar surface area (TPSA) is 74.2 Å². The van der Waals surface area contributed by atoms with Crippen molar-refractivity contribution in [3.05, 3.63) is 70.3 Å². The Kier molecular flexibility index (Phi) is 7.21. The number of fused-ring (bicyclic) bond motifs is 1. The van der Waals surface area contributed by atoms with Crippen LogP contribution in [0.1, 0.15) is 33.7 Å². The molecule has 2 aromatic heterocycles. The number of likely N-dealkylation sites (tertiary alicyclic amines) is 2. The van der Waals surface area contributed by atoms with E-state index >= 15 is 0 Å². The molecule has 2 fully saturated rings. The Labute approximate surface area is 217 Å². The number of hydrogen-bond acceptors (Lipinski definition) is 6. The van der Waals surface area contributed by atoms with Gasteiger partial charge in [-0.25, -0.2) is 9.97 Å². The first-order chi connectivity index (χ1) is 17.4. The number of aromatic nitrogens is 3. The highest BCUT2D eigenvalue weighted by Gasteiger charge is 2.42. The Hall–Kier alpha value is -3.03. The third-order valence-electron chi connectivity index (χ3n) is 7.42. The number of carbonyl (C=O) groups excluding carboxylic acids is 1. The summed E-state index contributed by atoms with van der Waals surface area (Å²) < 4.78 is 0. The van der Waals surface area contributed by atoms with Crippen molar-refractivity contribution >= 4 is 23.2 Å². The Morgan fingerprint density at radius 1 is 1.00 bits per heavy atom. The van der Waals surface area contributed by atoms with Gasteiger partial charge in [0.05, 0.1) is 17.0 Å². The van der Waals surface area contributed by atoms with E-state index in [1.807, 2.05) is 49.9 Å². The van der Waals surface area contributed by atoms with Crippen LogP contribution in [0.15, 0.2) is 42.7 Å². The van der Waals surface area contributed by atoms with Gasteiger partial charge in [-0.1, -0.05) is 17.7 Å². The first kappa shape index (κ1) is 24.7. The summed E-state index contributed by atoms with van der Waals surface area (Å²) in [5.74, 6) is 1.77. The van der Waals surface area contributed by atoms with Gasteiger partial charge in [0.15, 0.2) is 5.82 Å². The van der Waals surface area contributed by atoms with E-state index in [2.05, 4.69) is 31.2 Å². The van der Waals surface area contributed by atoms with Gasteiger partial charge < -0.3 is 15.1 Å². The quantitative estimate of drug-likeness (QED) is 0.473. The number of rotatable bonds is 7. The van der Waals surface area contributed by atoms with Crippen LogP contribution in [0.4, 0.5) is 5.69 Å². The lowest BCUT2D eigenvalue weighted by atomic mass is 10.0. The van der Waals surface area contributed by atoms with Crippen LogP contribution < -0.4 is 5.32 Å². The number of hydrogen-bond donors (Lipinski definition) is 1. The van der Waals surface area contributed by atoms with E-state index in [-0.39, 0.29) is 5.91 Å². The van der Waals surface area contributed by atoms with Crippen LogP contribution in [-0.4, -0.2) is 69.9 Å². The van der Waals surface area contributed by atoms with Crippen LogP contribution in [0.3, 0.4) is 0 Å². The predicted octanol–water partition coefficient (Wildman–Crippen LogP) is 4.62. The van der Waals surface area contributed by atoms with Crippen molar-refractivity contribution in [2.24, 2.45) is 11.8 Å². The monoisotopic (exact) mass is 504 g/mol. The van der Waals surface area contributed by atoms with E-state index in [0.717, 1.165) is 78.9 Å². The largest absolute Gasteiger partial charge is 0.385 e. The third kappa shape index (κ3) is 5.22. The van der Waals surface area contributed by atoms with Crippen LogP contribution in [-0.2, 0) is 0 Å². The number of nitrogens with zero attached hydrogens (tertiary/aromatic N) is 5. The molecule has 2 atom stereocenters. The van der Waals surface area contributed by atoms with Crippen molar-refractivity contribution in [3.63, 3.8) is 0 Å². The van der Waals surface area contributed by atoms with Crippen molar-refractivity contribution in [1.82, 2.24) is 24.8 Å². The molecule has 1 aromatic carbocycles. The van der Waals surface area contributed by atoms with Crippen molar-refractivity contribution in [2.45, 2.75) is 27.2 Å².